The van der Waals surface area contributed by atoms with E-state index in [1.54, 1.807) is 0 Å². The molecular weight excluding hydrogens is 274 g/mol. The normalized spacial score (nSPS) is 10.3. The quantitative estimate of drug-likeness (QED) is 0.881. The van der Waals surface area contributed by atoms with Crippen LogP contribution in [0.25, 0.3) is 0 Å². The lowest BCUT2D eigenvalue weighted by molar-refractivity contribution is 0.269. The summed E-state index contributed by atoms with van der Waals surface area (Å²) in [5, 5.41) is 0.521. The molecule has 2 aromatic carbocycles. The van der Waals surface area contributed by atoms with Gasteiger partial charge in [-0.05, 0) is 30.2 Å². The van der Waals surface area contributed by atoms with Crippen molar-refractivity contribution in [2.24, 2.45) is 5.73 Å². The Morgan fingerprint density at radius 1 is 1.05 bits per heavy atom. The summed E-state index contributed by atoms with van der Waals surface area (Å²) in [4.78, 5) is 0. The van der Waals surface area contributed by atoms with Gasteiger partial charge in [-0.3, -0.25) is 0 Å². The lowest BCUT2D eigenvalue weighted by atomic mass is 10.2. The van der Waals surface area contributed by atoms with E-state index in [0.717, 1.165) is 11.1 Å². The van der Waals surface area contributed by atoms with Crippen molar-refractivity contribution >= 4 is 11.6 Å². The summed E-state index contributed by atoms with van der Waals surface area (Å²) in [6.45, 7) is 3.33. The lowest BCUT2D eigenvalue weighted by Crippen LogP contribution is -2.03. The maximum atomic E-state index is 6.25. The van der Waals surface area contributed by atoms with Crippen LogP contribution < -0.4 is 15.2 Å². The molecule has 0 radical (unpaired) electrons. The molecule has 0 fully saturated rings. The summed E-state index contributed by atoms with van der Waals surface area (Å²) in [5.41, 5.74) is 7.64. The fourth-order valence-corrected chi connectivity index (χ4v) is 2.16. The first kappa shape index (κ1) is 14.7. The summed E-state index contributed by atoms with van der Waals surface area (Å²) < 4.78 is 11.4. The number of hydrogen-bond acceptors (Lipinski definition) is 3. The highest BCUT2D eigenvalue weighted by molar-refractivity contribution is 6.32. The van der Waals surface area contributed by atoms with Crippen molar-refractivity contribution in [3.63, 3.8) is 0 Å². The third kappa shape index (κ3) is 3.65. The molecule has 2 rings (SSSR count). The van der Waals surface area contributed by atoms with Crippen LogP contribution in [0.15, 0.2) is 42.5 Å². The molecule has 0 saturated carbocycles. The number of nitrogens with two attached hydrogens (primary N) is 1. The minimum atomic E-state index is 0.415. The monoisotopic (exact) mass is 291 g/mol. The Hall–Kier alpha value is -1.71. The Bertz CT molecular complexity index is 558. The molecule has 0 aromatic heterocycles. The molecule has 0 unspecified atom stereocenters. The molecule has 0 heterocycles. The number of halogens is 1. The van der Waals surface area contributed by atoms with E-state index in [4.69, 9.17) is 26.8 Å². The van der Waals surface area contributed by atoms with Crippen LogP contribution in [-0.2, 0) is 13.2 Å². The van der Waals surface area contributed by atoms with E-state index in [-0.39, 0.29) is 0 Å². The maximum absolute atomic E-state index is 6.25. The second-order valence-electron chi connectivity index (χ2n) is 4.32. The second-order valence-corrected chi connectivity index (χ2v) is 4.72. The van der Waals surface area contributed by atoms with E-state index in [1.165, 1.54) is 0 Å². The van der Waals surface area contributed by atoms with Gasteiger partial charge in [0.25, 0.3) is 0 Å². The number of ether oxygens (including phenoxy) is 2. The molecule has 0 spiro atoms. The van der Waals surface area contributed by atoms with Gasteiger partial charge in [-0.25, -0.2) is 0 Å². The van der Waals surface area contributed by atoms with Crippen LogP contribution in [0.5, 0.6) is 11.5 Å². The largest absolute Gasteiger partial charge is 0.490 e. The van der Waals surface area contributed by atoms with Crippen molar-refractivity contribution in [2.75, 3.05) is 6.61 Å². The van der Waals surface area contributed by atoms with Gasteiger partial charge in [0.1, 0.15) is 6.61 Å². The smallest absolute Gasteiger partial charge is 0.180 e. The van der Waals surface area contributed by atoms with Crippen LogP contribution in [0.3, 0.4) is 0 Å². The van der Waals surface area contributed by atoms with Crippen LogP contribution >= 0.6 is 11.6 Å². The first-order valence-corrected chi connectivity index (χ1v) is 6.94. The van der Waals surface area contributed by atoms with Crippen molar-refractivity contribution in [3.8, 4) is 11.5 Å². The van der Waals surface area contributed by atoms with Gasteiger partial charge in [0.2, 0.25) is 0 Å². The highest BCUT2D eigenvalue weighted by Crippen LogP contribution is 2.37. The van der Waals surface area contributed by atoms with Gasteiger partial charge in [-0.15, -0.1) is 0 Å². The van der Waals surface area contributed by atoms with E-state index >= 15 is 0 Å². The molecule has 3 nitrogen and oxygen atoms in total. The molecule has 106 valence electrons. The molecule has 0 atom stereocenters. The van der Waals surface area contributed by atoms with Gasteiger partial charge in [0.05, 0.1) is 11.6 Å². The van der Waals surface area contributed by atoms with E-state index in [1.807, 2.05) is 49.4 Å². The van der Waals surface area contributed by atoms with Gasteiger partial charge < -0.3 is 15.2 Å². The molecule has 0 amide bonds. The first-order chi connectivity index (χ1) is 9.74. The zero-order chi connectivity index (χ0) is 14.4. The summed E-state index contributed by atoms with van der Waals surface area (Å²) in [5.74, 6) is 1.20. The van der Waals surface area contributed by atoms with Crippen molar-refractivity contribution in [1.29, 1.82) is 0 Å². The molecule has 0 aliphatic heterocycles. The summed E-state index contributed by atoms with van der Waals surface area (Å²) in [7, 11) is 0. The minimum Gasteiger partial charge on any atom is -0.490 e. The van der Waals surface area contributed by atoms with E-state index < -0.39 is 0 Å². The Labute approximate surface area is 124 Å². The molecule has 0 bridgehead atoms. The molecular formula is C16H18ClNO2. The van der Waals surface area contributed by atoms with Gasteiger partial charge in [-0.1, -0.05) is 41.9 Å². The fourth-order valence-electron chi connectivity index (χ4n) is 1.87. The van der Waals surface area contributed by atoms with Crippen molar-refractivity contribution in [2.45, 2.75) is 20.1 Å². The second kappa shape index (κ2) is 7.17. The summed E-state index contributed by atoms with van der Waals surface area (Å²) in [6, 6.07) is 13.6. The Morgan fingerprint density at radius 3 is 2.45 bits per heavy atom. The van der Waals surface area contributed by atoms with Gasteiger partial charge in [-0.2, -0.15) is 0 Å². The van der Waals surface area contributed by atoms with E-state index in [9.17, 15) is 0 Å². The number of hydrogen-bond donors (Lipinski definition) is 1. The predicted octanol–water partition coefficient (Wildman–Crippen LogP) is 3.78. The van der Waals surface area contributed by atoms with Crippen LogP contribution in [0, 0.1) is 0 Å². The SMILES string of the molecule is CCOc1cc(CN)cc(Cl)c1OCc1ccccc1. The van der Waals surface area contributed by atoms with Gasteiger partial charge in [0.15, 0.2) is 11.5 Å². The number of rotatable bonds is 6. The van der Waals surface area contributed by atoms with Crippen molar-refractivity contribution < 1.29 is 9.47 Å². The van der Waals surface area contributed by atoms with Gasteiger partial charge >= 0.3 is 0 Å². The third-order valence-electron chi connectivity index (χ3n) is 2.83. The van der Waals surface area contributed by atoms with Crippen LogP contribution in [0.2, 0.25) is 5.02 Å². The van der Waals surface area contributed by atoms with E-state index in [0.29, 0.717) is 36.3 Å². The third-order valence-corrected chi connectivity index (χ3v) is 3.11. The van der Waals surface area contributed by atoms with Crippen LogP contribution in [0.1, 0.15) is 18.1 Å². The first-order valence-electron chi connectivity index (χ1n) is 6.56. The standard InChI is InChI=1S/C16H18ClNO2/c1-2-19-15-9-13(10-18)8-14(17)16(15)20-11-12-6-4-3-5-7-12/h3-9H,2,10-11,18H2,1H3. The maximum Gasteiger partial charge on any atom is 0.180 e. The predicted molar refractivity (Wildman–Crippen MR) is 81.3 cm³/mol. The highest BCUT2D eigenvalue weighted by atomic mass is 35.5. The molecule has 0 saturated heterocycles. The molecule has 2 aromatic rings. The molecule has 0 aliphatic rings. The zero-order valence-electron chi connectivity index (χ0n) is 11.4. The highest BCUT2D eigenvalue weighted by Gasteiger charge is 2.12. The van der Waals surface area contributed by atoms with Crippen molar-refractivity contribution in [3.05, 3.63) is 58.6 Å². The Morgan fingerprint density at radius 2 is 1.80 bits per heavy atom. The molecule has 0 aliphatic carbocycles. The number of benzene rings is 2. The average Bonchev–Trinajstić information content (AvgIpc) is 2.47. The zero-order valence-corrected chi connectivity index (χ0v) is 12.2. The molecule has 20 heavy (non-hydrogen) atoms. The van der Waals surface area contributed by atoms with Gasteiger partial charge in [0, 0.05) is 6.54 Å². The Balaban J connectivity index is 2.21. The van der Waals surface area contributed by atoms with Crippen LogP contribution in [-0.4, -0.2) is 6.61 Å². The molecule has 4 heteroatoms. The lowest BCUT2D eigenvalue weighted by Gasteiger charge is -2.15. The summed E-state index contributed by atoms with van der Waals surface area (Å²) in [6.07, 6.45) is 0. The van der Waals surface area contributed by atoms with Crippen molar-refractivity contribution in [1.82, 2.24) is 0 Å². The van der Waals surface area contributed by atoms with E-state index in [2.05, 4.69) is 0 Å². The average molecular weight is 292 g/mol. The minimum absolute atomic E-state index is 0.415. The molecule has 2 N–H and O–H groups in total. The topological polar surface area (TPSA) is 44.5 Å². The fraction of sp³-hybridized carbons (Fsp3) is 0.250. The van der Waals surface area contributed by atoms with Crippen LogP contribution in [0.4, 0.5) is 0 Å². The summed E-state index contributed by atoms with van der Waals surface area (Å²) >= 11 is 6.25. The Kier molecular flexibility index (Phi) is 5.27.